The lowest BCUT2D eigenvalue weighted by Crippen LogP contribution is -2.27. The summed E-state index contributed by atoms with van der Waals surface area (Å²) < 4.78 is 0.998. The second-order valence-corrected chi connectivity index (χ2v) is 5.95. The molecule has 1 atom stereocenters. The molecule has 2 nitrogen and oxygen atoms in total. The van der Waals surface area contributed by atoms with E-state index in [4.69, 9.17) is 0 Å². The molecular formula is C12H18BrNOS. The minimum absolute atomic E-state index is 0.353. The molecule has 0 amide bonds. The molecule has 0 fully saturated rings. The summed E-state index contributed by atoms with van der Waals surface area (Å²) >= 11 is 5.33. The minimum atomic E-state index is 0.353. The van der Waals surface area contributed by atoms with Gasteiger partial charge in [-0.3, -0.25) is 0 Å². The van der Waals surface area contributed by atoms with Crippen molar-refractivity contribution in [2.45, 2.75) is 26.4 Å². The van der Waals surface area contributed by atoms with E-state index < -0.39 is 0 Å². The van der Waals surface area contributed by atoms with Crippen molar-refractivity contribution < 1.29 is 5.11 Å². The Balaban J connectivity index is 2.44. The number of aromatic hydroxyl groups is 1. The summed E-state index contributed by atoms with van der Waals surface area (Å²) in [5.74, 6) is 2.60. The van der Waals surface area contributed by atoms with Crippen LogP contribution in [0.25, 0.3) is 0 Å². The van der Waals surface area contributed by atoms with Crippen LogP contribution >= 0.6 is 27.7 Å². The predicted molar refractivity (Wildman–Crippen MR) is 75.1 cm³/mol. The molecule has 0 aliphatic heterocycles. The fraction of sp³-hybridized carbons (Fsp3) is 0.500. The number of hydrogen-bond acceptors (Lipinski definition) is 3. The van der Waals surface area contributed by atoms with Crippen LogP contribution in [-0.4, -0.2) is 22.7 Å². The number of hydrogen-bond donors (Lipinski definition) is 2. The molecule has 1 aromatic rings. The van der Waals surface area contributed by atoms with Crippen LogP contribution in [-0.2, 0) is 6.54 Å². The van der Waals surface area contributed by atoms with Gasteiger partial charge in [0.1, 0.15) is 5.75 Å². The number of phenolic OH excluding ortho intramolecular Hbond substituents is 1. The van der Waals surface area contributed by atoms with E-state index in [9.17, 15) is 5.11 Å². The first-order chi connectivity index (χ1) is 7.63. The second-order valence-electron chi connectivity index (χ2n) is 3.71. The SMILES string of the molecule is CCSCC(C)NCc1cc(Br)ccc1O. The Kier molecular flexibility index (Phi) is 6.24. The number of thioether (sulfide) groups is 1. The summed E-state index contributed by atoms with van der Waals surface area (Å²) in [4.78, 5) is 0. The van der Waals surface area contributed by atoms with Crippen molar-refractivity contribution in [1.29, 1.82) is 0 Å². The maximum atomic E-state index is 9.66. The van der Waals surface area contributed by atoms with Gasteiger partial charge in [0.25, 0.3) is 0 Å². The van der Waals surface area contributed by atoms with Crippen molar-refractivity contribution in [3.63, 3.8) is 0 Å². The van der Waals surface area contributed by atoms with Crippen molar-refractivity contribution in [3.8, 4) is 5.75 Å². The molecule has 0 saturated carbocycles. The molecule has 0 bridgehead atoms. The lowest BCUT2D eigenvalue weighted by molar-refractivity contribution is 0.461. The first-order valence-electron chi connectivity index (χ1n) is 5.42. The minimum Gasteiger partial charge on any atom is -0.508 e. The number of nitrogens with one attached hydrogen (secondary N) is 1. The molecule has 1 rings (SSSR count). The third kappa shape index (κ3) is 4.76. The molecule has 0 heterocycles. The highest BCUT2D eigenvalue weighted by molar-refractivity contribution is 9.10. The lowest BCUT2D eigenvalue weighted by Gasteiger charge is -2.13. The third-order valence-corrected chi connectivity index (χ3v) is 3.89. The summed E-state index contributed by atoms with van der Waals surface area (Å²) in [7, 11) is 0. The summed E-state index contributed by atoms with van der Waals surface area (Å²) in [5.41, 5.74) is 0.933. The molecule has 1 unspecified atom stereocenters. The normalized spacial score (nSPS) is 12.7. The van der Waals surface area contributed by atoms with E-state index in [1.165, 1.54) is 0 Å². The zero-order valence-electron chi connectivity index (χ0n) is 9.66. The first-order valence-corrected chi connectivity index (χ1v) is 7.36. The highest BCUT2D eigenvalue weighted by Crippen LogP contribution is 2.21. The zero-order chi connectivity index (χ0) is 12.0. The lowest BCUT2D eigenvalue weighted by atomic mass is 10.2. The van der Waals surface area contributed by atoms with Crippen molar-refractivity contribution in [3.05, 3.63) is 28.2 Å². The van der Waals surface area contributed by atoms with Gasteiger partial charge in [0, 0.05) is 28.4 Å². The number of halogens is 1. The summed E-state index contributed by atoms with van der Waals surface area (Å²) in [6.07, 6.45) is 0. The average Bonchev–Trinajstić information content (AvgIpc) is 2.27. The van der Waals surface area contributed by atoms with Crippen LogP contribution in [0.1, 0.15) is 19.4 Å². The zero-order valence-corrected chi connectivity index (χ0v) is 12.1. The van der Waals surface area contributed by atoms with Crippen molar-refractivity contribution >= 4 is 27.7 Å². The van der Waals surface area contributed by atoms with Crippen LogP contribution in [0.2, 0.25) is 0 Å². The van der Waals surface area contributed by atoms with Crippen LogP contribution in [0.15, 0.2) is 22.7 Å². The van der Waals surface area contributed by atoms with E-state index >= 15 is 0 Å². The molecule has 16 heavy (non-hydrogen) atoms. The van der Waals surface area contributed by atoms with Gasteiger partial charge in [-0.2, -0.15) is 11.8 Å². The summed E-state index contributed by atoms with van der Waals surface area (Å²) in [6.45, 7) is 5.03. The maximum absolute atomic E-state index is 9.66. The Morgan fingerprint density at radius 2 is 2.25 bits per heavy atom. The molecule has 0 spiro atoms. The van der Waals surface area contributed by atoms with E-state index in [1.807, 2.05) is 23.9 Å². The quantitative estimate of drug-likeness (QED) is 0.845. The Bertz CT molecular complexity index is 333. The van der Waals surface area contributed by atoms with E-state index in [0.717, 1.165) is 21.5 Å². The van der Waals surface area contributed by atoms with Gasteiger partial charge in [-0.05, 0) is 30.9 Å². The van der Waals surface area contributed by atoms with Crippen LogP contribution < -0.4 is 5.32 Å². The molecule has 0 radical (unpaired) electrons. The molecule has 0 saturated heterocycles. The smallest absolute Gasteiger partial charge is 0.120 e. The van der Waals surface area contributed by atoms with E-state index in [-0.39, 0.29) is 0 Å². The first kappa shape index (κ1) is 13.9. The molecule has 4 heteroatoms. The van der Waals surface area contributed by atoms with Crippen molar-refractivity contribution in [2.24, 2.45) is 0 Å². The Hall–Kier alpha value is -0.190. The van der Waals surface area contributed by atoms with E-state index in [2.05, 4.69) is 35.1 Å². The Morgan fingerprint density at radius 1 is 1.50 bits per heavy atom. The maximum Gasteiger partial charge on any atom is 0.120 e. The van der Waals surface area contributed by atoms with Gasteiger partial charge in [0.15, 0.2) is 0 Å². The van der Waals surface area contributed by atoms with Crippen LogP contribution in [0, 0.1) is 0 Å². The highest BCUT2D eigenvalue weighted by Gasteiger charge is 2.05. The standard InChI is InChI=1S/C12H18BrNOS/c1-3-16-8-9(2)14-7-10-6-11(13)4-5-12(10)15/h4-6,9,14-15H,3,7-8H2,1-2H3. The Labute approximate surface area is 110 Å². The Morgan fingerprint density at radius 3 is 2.94 bits per heavy atom. The van der Waals surface area contributed by atoms with Gasteiger partial charge >= 0.3 is 0 Å². The van der Waals surface area contributed by atoms with Gasteiger partial charge in [0.2, 0.25) is 0 Å². The van der Waals surface area contributed by atoms with Crippen LogP contribution in [0.3, 0.4) is 0 Å². The van der Waals surface area contributed by atoms with Crippen molar-refractivity contribution in [2.75, 3.05) is 11.5 Å². The van der Waals surface area contributed by atoms with Gasteiger partial charge in [-0.1, -0.05) is 22.9 Å². The largest absolute Gasteiger partial charge is 0.508 e. The van der Waals surface area contributed by atoms with Gasteiger partial charge in [-0.25, -0.2) is 0 Å². The fourth-order valence-electron chi connectivity index (χ4n) is 1.33. The topological polar surface area (TPSA) is 32.3 Å². The molecule has 0 aromatic heterocycles. The van der Waals surface area contributed by atoms with E-state index in [1.54, 1.807) is 6.07 Å². The van der Waals surface area contributed by atoms with Crippen LogP contribution in [0.5, 0.6) is 5.75 Å². The second kappa shape index (κ2) is 7.20. The molecule has 0 aliphatic rings. The summed E-state index contributed by atoms with van der Waals surface area (Å²) in [6, 6.07) is 5.97. The number of phenols is 1. The summed E-state index contributed by atoms with van der Waals surface area (Å²) in [5, 5.41) is 13.1. The van der Waals surface area contributed by atoms with Gasteiger partial charge in [-0.15, -0.1) is 0 Å². The fourth-order valence-corrected chi connectivity index (χ4v) is 2.45. The van der Waals surface area contributed by atoms with Crippen molar-refractivity contribution in [1.82, 2.24) is 5.32 Å². The molecular weight excluding hydrogens is 286 g/mol. The number of benzene rings is 1. The van der Waals surface area contributed by atoms with E-state index in [0.29, 0.717) is 18.3 Å². The monoisotopic (exact) mass is 303 g/mol. The third-order valence-electron chi connectivity index (χ3n) is 2.25. The number of rotatable bonds is 6. The van der Waals surface area contributed by atoms with Gasteiger partial charge < -0.3 is 10.4 Å². The van der Waals surface area contributed by atoms with Gasteiger partial charge in [0.05, 0.1) is 0 Å². The predicted octanol–water partition coefficient (Wildman–Crippen LogP) is 3.39. The average molecular weight is 304 g/mol. The molecule has 1 aromatic carbocycles. The van der Waals surface area contributed by atoms with Crippen LogP contribution in [0.4, 0.5) is 0 Å². The highest BCUT2D eigenvalue weighted by atomic mass is 79.9. The molecule has 2 N–H and O–H groups in total. The molecule has 0 aliphatic carbocycles. The molecule has 90 valence electrons.